The Bertz CT molecular complexity index is 912. The molecule has 0 aliphatic carbocycles. The van der Waals surface area contributed by atoms with E-state index in [-0.39, 0.29) is 23.7 Å². The van der Waals surface area contributed by atoms with Gasteiger partial charge in [-0.1, -0.05) is 23.8 Å². The van der Waals surface area contributed by atoms with E-state index >= 15 is 0 Å². The summed E-state index contributed by atoms with van der Waals surface area (Å²) in [7, 11) is 2.07. The highest BCUT2D eigenvalue weighted by molar-refractivity contribution is 6.04. The summed E-state index contributed by atoms with van der Waals surface area (Å²) in [6, 6.07) is 10.4. The van der Waals surface area contributed by atoms with E-state index < -0.39 is 11.7 Å². The van der Waals surface area contributed by atoms with Crippen molar-refractivity contribution in [1.82, 2.24) is 4.90 Å². The minimum Gasteiger partial charge on any atom is -0.308 e. The van der Waals surface area contributed by atoms with Crippen LogP contribution in [0.4, 0.5) is 29.3 Å². The summed E-state index contributed by atoms with van der Waals surface area (Å²) in [5.41, 5.74) is 2.48. The van der Waals surface area contributed by atoms with Gasteiger partial charge in [-0.25, -0.2) is 4.79 Å². The molecule has 148 valence electrons. The fourth-order valence-electron chi connectivity index (χ4n) is 4.30. The number of benzene rings is 2. The zero-order valence-corrected chi connectivity index (χ0v) is 15.8. The van der Waals surface area contributed by atoms with Crippen molar-refractivity contribution in [2.24, 2.45) is 0 Å². The summed E-state index contributed by atoms with van der Waals surface area (Å²) in [5.74, 6) is 0.209. The third-order valence-corrected chi connectivity index (χ3v) is 5.61. The summed E-state index contributed by atoms with van der Waals surface area (Å²) in [6.07, 6.45) is -3.62. The van der Waals surface area contributed by atoms with Gasteiger partial charge in [0, 0.05) is 29.9 Å². The van der Waals surface area contributed by atoms with Crippen LogP contribution in [-0.4, -0.2) is 37.1 Å². The van der Waals surface area contributed by atoms with Gasteiger partial charge in [-0.05, 0) is 56.8 Å². The second-order valence-corrected chi connectivity index (χ2v) is 7.67. The number of urea groups is 1. The summed E-state index contributed by atoms with van der Waals surface area (Å²) in [6.45, 7) is 3.75. The molecule has 0 saturated carbocycles. The van der Waals surface area contributed by atoms with Crippen molar-refractivity contribution in [3.8, 4) is 0 Å². The van der Waals surface area contributed by atoms with Gasteiger partial charge < -0.3 is 10.2 Å². The van der Waals surface area contributed by atoms with Crippen LogP contribution in [0.25, 0.3) is 0 Å². The number of carbonyl (C=O) groups excluding carboxylic acids is 1. The fraction of sp³-hybridized carbons (Fsp3) is 0.381. The van der Waals surface area contributed by atoms with Crippen LogP contribution in [0.1, 0.15) is 29.0 Å². The molecule has 2 aromatic rings. The zero-order valence-electron chi connectivity index (χ0n) is 15.8. The largest absolute Gasteiger partial charge is 0.416 e. The summed E-state index contributed by atoms with van der Waals surface area (Å²) >= 11 is 0. The van der Waals surface area contributed by atoms with Crippen LogP contribution >= 0.6 is 0 Å². The van der Waals surface area contributed by atoms with Gasteiger partial charge in [-0.2, -0.15) is 13.2 Å². The number of hydrogen-bond donors (Lipinski definition) is 1. The first kappa shape index (κ1) is 18.8. The number of aryl methyl sites for hydroxylation is 1. The molecule has 1 saturated heterocycles. The smallest absolute Gasteiger partial charge is 0.308 e. The average molecular weight is 389 g/mol. The normalized spacial score (nSPS) is 22.0. The highest BCUT2D eigenvalue weighted by Gasteiger charge is 2.44. The predicted octanol–water partition coefficient (Wildman–Crippen LogP) is 4.85. The van der Waals surface area contributed by atoms with Gasteiger partial charge in [0.1, 0.15) is 0 Å². The number of likely N-dealkylation sites (N-methyl/N-ethyl adjacent to an activating group) is 1. The van der Waals surface area contributed by atoms with E-state index in [1.54, 1.807) is 4.90 Å². The van der Waals surface area contributed by atoms with Gasteiger partial charge in [0.2, 0.25) is 0 Å². The number of alkyl halides is 3. The average Bonchev–Trinajstić information content (AvgIpc) is 2.94. The summed E-state index contributed by atoms with van der Waals surface area (Å²) < 4.78 is 38.9. The third-order valence-electron chi connectivity index (χ3n) is 5.61. The molecule has 0 unspecified atom stereocenters. The molecule has 0 bridgehead atoms. The number of fused-ring (bicyclic) bond motifs is 3. The Morgan fingerprint density at radius 1 is 1.18 bits per heavy atom. The lowest BCUT2D eigenvalue weighted by atomic mass is 9.89. The number of halogens is 3. The maximum Gasteiger partial charge on any atom is 0.416 e. The monoisotopic (exact) mass is 389 g/mol. The van der Waals surface area contributed by atoms with E-state index in [2.05, 4.69) is 23.3 Å². The number of likely N-dealkylation sites (tertiary alicyclic amines) is 1. The maximum absolute atomic E-state index is 13.1. The van der Waals surface area contributed by atoms with Crippen LogP contribution in [0.2, 0.25) is 0 Å². The number of piperidine rings is 1. The van der Waals surface area contributed by atoms with E-state index in [0.717, 1.165) is 48.5 Å². The Hall–Kier alpha value is -2.54. The molecule has 2 heterocycles. The SMILES string of the molecule is Cc1ccc2c(c1)[C@H]1CN(C)CC[C@@H]1N2C(=O)Nc1cccc(C(F)(F)F)c1. The number of amides is 2. The van der Waals surface area contributed by atoms with Gasteiger partial charge in [0.25, 0.3) is 0 Å². The predicted molar refractivity (Wildman–Crippen MR) is 103 cm³/mol. The zero-order chi connectivity index (χ0) is 20.1. The number of hydrogen-bond acceptors (Lipinski definition) is 2. The molecule has 4 rings (SSSR count). The Morgan fingerprint density at radius 3 is 2.71 bits per heavy atom. The second-order valence-electron chi connectivity index (χ2n) is 7.67. The van der Waals surface area contributed by atoms with Crippen LogP contribution < -0.4 is 10.2 Å². The molecule has 4 nitrogen and oxygen atoms in total. The molecular weight excluding hydrogens is 367 g/mol. The van der Waals surface area contributed by atoms with Crippen LogP contribution in [0, 0.1) is 6.92 Å². The Labute approximate surface area is 161 Å². The molecule has 1 fully saturated rings. The number of anilines is 2. The van der Waals surface area contributed by atoms with Crippen molar-refractivity contribution in [3.05, 3.63) is 59.2 Å². The van der Waals surface area contributed by atoms with Crippen molar-refractivity contribution < 1.29 is 18.0 Å². The first-order valence-corrected chi connectivity index (χ1v) is 9.30. The minimum atomic E-state index is -4.45. The molecule has 1 N–H and O–H groups in total. The standard InChI is InChI=1S/C21H22F3N3O/c1-13-6-7-18-16(10-13)17-12-26(2)9-8-19(17)27(18)20(28)25-15-5-3-4-14(11-15)21(22,23)24/h3-7,10-11,17,19H,8-9,12H2,1-2H3,(H,25,28)/t17-,19+/m1/s1. The number of rotatable bonds is 1. The van der Waals surface area contributed by atoms with Gasteiger partial charge in [0.05, 0.1) is 5.56 Å². The number of nitrogens with one attached hydrogen (secondary N) is 1. The van der Waals surface area contributed by atoms with E-state index in [9.17, 15) is 18.0 Å². The molecule has 0 spiro atoms. The number of carbonyl (C=O) groups is 1. The quantitative estimate of drug-likeness (QED) is 0.757. The molecule has 7 heteroatoms. The highest BCUT2D eigenvalue weighted by Crippen LogP contribution is 2.45. The molecule has 2 aromatic carbocycles. The van der Waals surface area contributed by atoms with Crippen LogP contribution in [0.5, 0.6) is 0 Å². The molecule has 0 aromatic heterocycles. The van der Waals surface area contributed by atoms with Crippen molar-refractivity contribution in [1.29, 1.82) is 0 Å². The van der Waals surface area contributed by atoms with Crippen molar-refractivity contribution >= 4 is 17.4 Å². The van der Waals surface area contributed by atoms with E-state index in [0.29, 0.717) is 0 Å². The fourth-order valence-corrected chi connectivity index (χ4v) is 4.30. The minimum absolute atomic E-state index is 0.0128. The first-order chi connectivity index (χ1) is 13.2. The Kier molecular flexibility index (Phi) is 4.57. The summed E-state index contributed by atoms with van der Waals surface area (Å²) in [5, 5.41) is 2.67. The molecule has 2 amide bonds. The molecule has 28 heavy (non-hydrogen) atoms. The van der Waals surface area contributed by atoms with Crippen LogP contribution in [-0.2, 0) is 6.18 Å². The lowest BCUT2D eigenvalue weighted by Crippen LogP contribution is -2.48. The Morgan fingerprint density at radius 2 is 1.96 bits per heavy atom. The molecule has 2 atom stereocenters. The first-order valence-electron chi connectivity index (χ1n) is 9.30. The maximum atomic E-state index is 13.1. The van der Waals surface area contributed by atoms with Crippen molar-refractivity contribution in [2.75, 3.05) is 30.4 Å². The van der Waals surface area contributed by atoms with Gasteiger partial charge >= 0.3 is 12.2 Å². The molecule has 2 aliphatic heterocycles. The van der Waals surface area contributed by atoms with Gasteiger partial charge in [0.15, 0.2) is 0 Å². The Balaban J connectivity index is 1.64. The molecule has 0 radical (unpaired) electrons. The third kappa shape index (κ3) is 3.35. The van der Waals surface area contributed by atoms with Crippen LogP contribution in [0.15, 0.2) is 42.5 Å². The lowest BCUT2D eigenvalue weighted by molar-refractivity contribution is -0.137. The van der Waals surface area contributed by atoms with E-state index in [4.69, 9.17) is 0 Å². The van der Waals surface area contributed by atoms with E-state index in [1.165, 1.54) is 12.1 Å². The summed E-state index contributed by atoms with van der Waals surface area (Å²) in [4.78, 5) is 17.1. The number of nitrogens with zero attached hydrogens (tertiary/aromatic N) is 2. The van der Waals surface area contributed by atoms with Crippen LogP contribution in [0.3, 0.4) is 0 Å². The lowest BCUT2D eigenvalue weighted by Gasteiger charge is -2.36. The van der Waals surface area contributed by atoms with Gasteiger partial charge in [-0.3, -0.25) is 4.90 Å². The highest BCUT2D eigenvalue weighted by atomic mass is 19.4. The second kappa shape index (κ2) is 6.81. The molecule has 2 aliphatic rings. The van der Waals surface area contributed by atoms with Crippen molar-refractivity contribution in [3.63, 3.8) is 0 Å². The topological polar surface area (TPSA) is 35.6 Å². The molecular formula is C21H22F3N3O. The van der Waals surface area contributed by atoms with Crippen molar-refractivity contribution in [2.45, 2.75) is 31.5 Å². The van der Waals surface area contributed by atoms with Gasteiger partial charge in [-0.15, -0.1) is 0 Å². The van der Waals surface area contributed by atoms with E-state index in [1.807, 2.05) is 19.1 Å².